The molecular weight excluding hydrogens is 316 g/mol. The number of nitrogen functional groups attached to an aromatic ring is 1. The Morgan fingerprint density at radius 3 is 2.62 bits per heavy atom. The number of anilines is 1. The Bertz CT molecular complexity index is 604. The predicted molar refractivity (Wildman–Crippen MR) is 81.5 cm³/mol. The third-order valence-electron chi connectivity index (χ3n) is 2.68. The minimum absolute atomic E-state index is 0.0874. The highest BCUT2D eigenvalue weighted by Gasteiger charge is 2.28. The van der Waals surface area contributed by atoms with Gasteiger partial charge >= 0.3 is 5.97 Å². The summed E-state index contributed by atoms with van der Waals surface area (Å²) in [5.74, 6) is -0.602. The number of ether oxygens (including phenoxy) is 1. The molecule has 118 valence electrons. The van der Waals surface area contributed by atoms with Crippen LogP contribution < -0.4 is 5.73 Å². The molecule has 0 aliphatic heterocycles. The second-order valence-electron chi connectivity index (χ2n) is 4.33. The molecule has 1 rings (SSSR count). The third-order valence-corrected chi connectivity index (χ3v) is 4.81. The molecule has 0 saturated carbocycles. The zero-order valence-electron chi connectivity index (χ0n) is 12.0. The molecule has 0 fully saturated rings. The number of hydrogen-bond donors (Lipinski definition) is 1. The summed E-state index contributed by atoms with van der Waals surface area (Å²) < 4.78 is 31.1. The van der Waals surface area contributed by atoms with E-state index in [4.69, 9.17) is 22.1 Å². The van der Waals surface area contributed by atoms with Crippen molar-refractivity contribution in [3.05, 3.63) is 23.2 Å². The summed E-state index contributed by atoms with van der Waals surface area (Å²) in [6.07, 6.45) is 0.555. The molecule has 0 atom stereocenters. The lowest BCUT2D eigenvalue weighted by molar-refractivity contribution is -0.143. The maximum atomic E-state index is 12.6. The number of esters is 1. The van der Waals surface area contributed by atoms with Gasteiger partial charge in [-0.05, 0) is 31.5 Å². The van der Waals surface area contributed by atoms with Crippen molar-refractivity contribution in [1.29, 1.82) is 0 Å². The molecule has 1 aromatic rings. The van der Waals surface area contributed by atoms with Gasteiger partial charge in [0.1, 0.15) is 11.4 Å². The molecule has 1 aromatic carbocycles. The number of carbonyl (C=O) groups excluding carboxylic acids is 1. The van der Waals surface area contributed by atoms with Gasteiger partial charge in [0.15, 0.2) is 0 Å². The molecule has 0 aliphatic carbocycles. The Morgan fingerprint density at radius 2 is 2.05 bits per heavy atom. The van der Waals surface area contributed by atoms with E-state index in [2.05, 4.69) is 0 Å². The van der Waals surface area contributed by atoms with Crippen LogP contribution in [0.1, 0.15) is 20.3 Å². The number of sulfonamides is 1. The Balaban J connectivity index is 3.15. The summed E-state index contributed by atoms with van der Waals surface area (Å²) in [7, 11) is -3.91. The normalized spacial score (nSPS) is 11.6. The van der Waals surface area contributed by atoms with Crippen molar-refractivity contribution >= 4 is 33.3 Å². The molecule has 0 spiro atoms. The van der Waals surface area contributed by atoms with Crippen LogP contribution in [0, 0.1) is 0 Å². The van der Waals surface area contributed by atoms with Crippen molar-refractivity contribution in [2.75, 3.05) is 25.4 Å². The highest BCUT2D eigenvalue weighted by molar-refractivity contribution is 7.89. The van der Waals surface area contributed by atoms with E-state index in [1.165, 1.54) is 18.2 Å². The number of nitrogens with zero attached hydrogens (tertiary/aromatic N) is 1. The lowest BCUT2D eigenvalue weighted by Gasteiger charge is -2.21. The van der Waals surface area contributed by atoms with Crippen molar-refractivity contribution < 1.29 is 17.9 Å². The van der Waals surface area contributed by atoms with Gasteiger partial charge in [0, 0.05) is 11.6 Å². The quantitative estimate of drug-likeness (QED) is 0.607. The molecule has 21 heavy (non-hydrogen) atoms. The van der Waals surface area contributed by atoms with E-state index in [1.54, 1.807) is 6.92 Å². The second kappa shape index (κ2) is 7.63. The average molecular weight is 335 g/mol. The van der Waals surface area contributed by atoms with Crippen LogP contribution in [0.15, 0.2) is 23.1 Å². The summed E-state index contributed by atoms with van der Waals surface area (Å²) in [4.78, 5) is 11.5. The first kappa shape index (κ1) is 17.7. The van der Waals surface area contributed by atoms with E-state index in [-0.39, 0.29) is 35.3 Å². The van der Waals surface area contributed by atoms with Gasteiger partial charge in [0.05, 0.1) is 12.3 Å². The average Bonchev–Trinajstić information content (AvgIpc) is 2.41. The fraction of sp³-hybridized carbons (Fsp3) is 0.462. The predicted octanol–water partition coefficient (Wildman–Crippen LogP) is 1.89. The number of benzene rings is 1. The lowest BCUT2D eigenvalue weighted by Crippen LogP contribution is -2.37. The molecule has 0 aliphatic rings. The van der Waals surface area contributed by atoms with Crippen LogP contribution in [-0.4, -0.2) is 38.4 Å². The largest absolute Gasteiger partial charge is 0.465 e. The smallest absolute Gasteiger partial charge is 0.321 e. The van der Waals surface area contributed by atoms with Crippen molar-refractivity contribution in [3.8, 4) is 0 Å². The summed E-state index contributed by atoms with van der Waals surface area (Å²) in [6.45, 7) is 3.50. The van der Waals surface area contributed by atoms with Crippen molar-refractivity contribution in [2.45, 2.75) is 25.2 Å². The molecular formula is C13H19ClN2O4S. The van der Waals surface area contributed by atoms with E-state index in [1.807, 2.05) is 6.92 Å². The summed E-state index contributed by atoms with van der Waals surface area (Å²) >= 11 is 5.83. The van der Waals surface area contributed by atoms with Gasteiger partial charge < -0.3 is 10.5 Å². The molecule has 0 heterocycles. The van der Waals surface area contributed by atoms with Crippen molar-refractivity contribution in [1.82, 2.24) is 4.31 Å². The Morgan fingerprint density at radius 1 is 1.38 bits per heavy atom. The molecule has 0 bridgehead atoms. The van der Waals surface area contributed by atoms with Crippen LogP contribution in [0.2, 0.25) is 5.02 Å². The van der Waals surface area contributed by atoms with Gasteiger partial charge in [0.25, 0.3) is 0 Å². The molecule has 2 N–H and O–H groups in total. The number of halogens is 1. The van der Waals surface area contributed by atoms with E-state index in [9.17, 15) is 13.2 Å². The van der Waals surface area contributed by atoms with E-state index in [0.29, 0.717) is 6.42 Å². The third kappa shape index (κ3) is 4.59. The van der Waals surface area contributed by atoms with Gasteiger partial charge in [-0.3, -0.25) is 4.79 Å². The van der Waals surface area contributed by atoms with Crippen molar-refractivity contribution in [2.24, 2.45) is 0 Å². The van der Waals surface area contributed by atoms with Gasteiger partial charge in [-0.25, -0.2) is 8.42 Å². The molecule has 0 radical (unpaired) electrons. The van der Waals surface area contributed by atoms with Gasteiger partial charge in [-0.1, -0.05) is 18.5 Å². The number of carbonyl (C=O) groups is 1. The molecule has 0 saturated heterocycles. The second-order valence-corrected chi connectivity index (χ2v) is 6.67. The van der Waals surface area contributed by atoms with Crippen LogP contribution in [0.4, 0.5) is 5.69 Å². The highest BCUT2D eigenvalue weighted by atomic mass is 35.5. The van der Waals surface area contributed by atoms with Crippen molar-refractivity contribution in [3.63, 3.8) is 0 Å². The van der Waals surface area contributed by atoms with Crippen LogP contribution in [0.25, 0.3) is 0 Å². The summed E-state index contributed by atoms with van der Waals surface area (Å²) in [5, 5.41) is 0.260. The maximum absolute atomic E-state index is 12.6. The highest BCUT2D eigenvalue weighted by Crippen LogP contribution is 2.26. The first-order valence-electron chi connectivity index (χ1n) is 6.53. The van der Waals surface area contributed by atoms with Crippen LogP contribution >= 0.6 is 11.6 Å². The minimum Gasteiger partial charge on any atom is -0.465 e. The zero-order chi connectivity index (χ0) is 16.0. The number of rotatable bonds is 7. The van der Waals surface area contributed by atoms with Crippen LogP contribution in [0.3, 0.4) is 0 Å². The van der Waals surface area contributed by atoms with E-state index in [0.717, 1.165) is 4.31 Å². The first-order valence-corrected chi connectivity index (χ1v) is 8.35. The standard InChI is InChI=1S/C13H19ClN2O4S/c1-3-7-16(9-13(17)20-4-2)21(18,19)12-8-10(14)5-6-11(12)15/h5-6,8H,3-4,7,9,15H2,1-2H3. The van der Waals surface area contributed by atoms with Gasteiger partial charge in [-0.15, -0.1) is 0 Å². The summed E-state index contributed by atoms with van der Waals surface area (Å²) in [5.41, 5.74) is 5.81. The van der Waals surface area contributed by atoms with Crippen LogP contribution in [0.5, 0.6) is 0 Å². The Hall–Kier alpha value is -1.31. The maximum Gasteiger partial charge on any atom is 0.321 e. The zero-order valence-corrected chi connectivity index (χ0v) is 13.6. The fourth-order valence-electron chi connectivity index (χ4n) is 1.75. The van der Waals surface area contributed by atoms with E-state index >= 15 is 0 Å². The SMILES string of the molecule is CCCN(CC(=O)OCC)S(=O)(=O)c1cc(Cl)ccc1N. The lowest BCUT2D eigenvalue weighted by atomic mass is 10.3. The number of hydrogen-bond acceptors (Lipinski definition) is 5. The monoisotopic (exact) mass is 334 g/mol. The Kier molecular flexibility index (Phi) is 6.44. The van der Waals surface area contributed by atoms with Crippen LogP contribution in [-0.2, 0) is 19.6 Å². The summed E-state index contributed by atoms with van der Waals surface area (Å²) in [6, 6.07) is 4.20. The first-order chi connectivity index (χ1) is 9.82. The molecule has 6 nitrogen and oxygen atoms in total. The number of nitrogens with two attached hydrogens (primary N) is 1. The van der Waals surface area contributed by atoms with Gasteiger partial charge in [-0.2, -0.15) is 4.31 Å². The van der Waals surface area contributed by atoms with Gasteiger partial charge in [0.2, 0.25) is 10.0 Å². The molecule has 0 amide bonds. The molecule has 0 unspecified atom stereocenters. The molecule has 8 heteroatoms. The molecule has 0 aromatic heterocycles. The Labute approximate surface area is 129 Å². The topological polar surface area (TPSA) is 89.7 Å². The van der Waals surface area contributed by atoms with E-state index < -0.39 is 16.0 Å². The fourth-order valence-corrected chi connectivity index (χ4v) is 3.61. The minimum atomic E-state index is -3.91.